The lowest BCUT2D eigenvalue weighted by Crippen LogP contribution is -2.07. The van der Waals surface area contributed by atoms with E-state index in [0.717, 1.165) is 6.07 Å². The Morgan fingerprint density at radius 3 is 2.52 bits per heavy atom. The Hall–Kier alpha value is -2.76. The van der Waals surface area contributed by atoms with Gasteiger partial charge in [0.1, 0.15) is 0 Å². The number of hydrogen-bond acceptors (Lipinski definition) is 4. The zero-order valence-electron chi connectivity index (χ0n) is 11.2. The summed E-state index contributed by atoms with van der Waals surface area (Å²) < 4.78 is 18.3. The summed E-state index contributed by atoms with van der Waals surface area (Å²) in [5, 5.41) is 11.0. The Bertz CT molecular complexity index is 686. The van der Waals surface area contributed by atoms with Crippen molar-refractivity contribution in [1.82, 2.24) is 0 Å². The van der Waals surface area contributed by atoms with E-state index in [1.54, 1.807) is 30.3 Å². The van der Waals surface area contributed by atoms with Crippen LogP contribution in [0.2, 0.25) is 0 Å². The van der Waals surface area contributed by atoms with Crippen molar-refractivity contribution in [3.8, 4) is 5.75 Å². The van der Waals surface area contributed by atoms with Gasteiger partial charge in [0.2, 0.25) is 0 Å². The van der Waals surface area contributed by atoms with Crippen molar-refractivity contribution in [2.45, 2.75) is 6.42 Å². The molecule has 0 saturated carbocycles. The highest BCUT2D eigenvalue weighted by Crippen LogP contribution is 2.28. The number of carbonyl (C=O) groups is 1. The lowest BCUT2D eigenvalue weighted by molar-refractivity contribution is -0.385. The van der Waals surface area contributed by atoms with Crippen LogP contribution in [0.1, 0.15) is 15.9 Å². The molecule has 0 amide bonds. The number of halogens is 1. The number of hydrogen-bond donors (Lipinski definition) is 0. The summed E-state index contributed by atoms with van der Waals surface area (Å²) in [6.45, 7) is 0. The zero-order chi connectivity index (χ0) is 15.4. The first-order chi connectivity index (χ1) is 10.0. The third-order valence-corrected chi connectivity index (χ3v) is 3.00. The monoisotopic (exact) mass is 289 g/mol. The van der Waals surface area contributed by atoms with Crippen LogP contribution in [0, 0.1) is 15.9 Å². The predicted octanol–water partition coefficient (Wildman–Crippen LogP) is 3.17. The summed E-state index contributed by atoms with van der Waals surface area (Å²) in [6.07, 6.45) is -0.197. The highest BCUT2D eigenvalue weighted by atomic mass is 19.1. The molecular weight excluding hydrogens is 277 g/mol. The second-order valence-electron chi connectivity index (χ2n) is 4.34. The SMILES string of the molecule is COc1cc(CC(=O)c2ccccc2)c([N+](=O)[O-])cc1F. The number of carbonyl (C=O) groups excluding carboxylic acids is 1. The van der Waals surface area contributed by atoms with Gasteiger partial charge in [-0.15, -0.1) is 0 Å². The van der Waals surface area contributed by atoms with E-state index in [2.05, 4.69) is 0 Å². The molecule has 6 heteroatoms. The quantitative estimate of drug-likeness (QED) is 0.481. The first-order valence-corrected chi connectivity index (χ1v) is 6.12. The Morgan fingerprint density at radius 1 is 1.29 bits per heavy atom. The van der Waals surface area contributed by atoms with Gasteiger partial charge >= 0.3 is 0 Å². The minimum absolute atomic E-state index is 0.118. The standard InChI is InChI=1S/C15H12FNO4/c1-21-15-8-11(13(17(19)20)9-12(15)16)7-14(18)10-5-3-2-4-6-10/h2-6,8-9H,7H2,1H3. The summed E-state index contributed by atoms with van der Waals surface area (Å²) in [5.41, 5.74) is 0.125. The van der Waals surface area contributed by atoms with E-state index < -0.39 is 16.4 Å². The number of methoxy groups -OCH3 is 1. The minimum Gasteiger partial charge on any atom is -0.494 e. The molecule has 108 valence electrons. The topological polar surface area (TPSA) is 69.4 Å². The Morgan fingerprint density at radius 2 is 1.95 bits per heavy atom. The number of benzene rings is 2. The van der Waals surface area contributed by atoms with Gasteiger partial charge in [0.05, 0.1) is 18.1 Å². The predicted molar refractivity (Wildman–Crippen MR) is 74.1 cm³/mol. The fourth-order valence-corrected chi connectivity index (χ4v) is 1.95. The van der Waals surface area contributed by atoms with Crippen LogP contribution in [0.25, 0.3) is 0 Å². The molecule has 0 spiro atoms. The maximum Gasteiger partial charge on any atom is 0.276 e. The molecule has 2 aromatic rings. The average Bonchev–Trinajstić information content (AvgIpc) is 2.49. The lowest BCUT2D eigenvalue weighted by Gasteiger charge is -2.07. The third-order valence-electron chi connectivity index (χ3n) is 3.00. The number of nitrogens with zero attached hydrogens (tertiary/aromatic N) is 1. The number of ketones is 1. The summed E-state index contributed by atoms with van der Waals surface area (Å²) in [4.78, 5) is 22.4. The molecule has 21 heavy (non-hydrogen) atoms. The highest BCUT2D eigenvalue weighted by Gasteiger charge is 2.21. The lowest BCUT2D eigenvalue weighted by atomic mass is 10.0. The molecule has 0 aliphatic heterocycles. The van der Waals surface area contributed by atoms with Gasteiger partial charge in [-0.3, -0.25) is 14.9 Å². The molecule has 2 aromatic carbocycles. The molecule has 0 unspecified atom stereocenters. The van der Waals surface area contributed by atoms with E-state index in [1.165, 1.54) is 13.2 Å². The van der Waals surface area contributed by atoms with E-state index in [1.807, 2.05) is 0 Å². The van der Waals surface area contributed by atoms with Crippen LogP contribution >= 0.6 is 0 Å². The molecule has 0 atom stereocenters. The first kappa shape index (κ1) is 14.6. The molecule has 0 saturated heterocycles. The van der Waals surface area contributed by atoms with Crippen LogP contribution in [-0.4, -0.2) is 17.8 Å². The van der Waals surface area contributed by atoms with E-state index in [4.69, 9.17) is 4.74 Å². The van der Waals surface area contributed by atoms with Crippen molar-refractivity contribution < 1.29 is 18.8 Å². The molecule has 0 aliphatic carbocycles. The fraction of sp³-hybridized carbons (Fsp3) is 0.133. The van der Waals surface area contributed by atoms with Crippen molar-refractivity contribution in [2.75, 3.05) is 7.11 Å². The number of nitro groups is 1. The van der Waals surface area contributed by atoms with Gasteiger partial charge in [0.25, 0.3) is 5.69 Å². The van der Waals surface area contributed by atoms with Crippen molar-refractivity contribution in [1.29, 1.82) is 0 Å². The van der Waals surface area contributed by atoms with Gasteiger partial charge in [-0.1, -0.05) is 30.3 Å². The number of Topliss-reactive ketones (excluding diaryl/α,β-unsaturated/α-hetero) is 1. The zero-order valence-corrected chi connectivity index (χ0v) is 11.2. The van der Waals surface area contributed by atoms with Crippen molar-refractivity contribution in [3.63, 3.8) is 0 Å². The van der Waals surface area contributed by atoms with E-state index in [0.29, 0.717) is 5.56 Å². The molecule has 2 rings (SSSR count). The van der Waals surface area contributed by atoms with Gasteiger partial charge in [-0.2, -0.15) is 0 Å². The van der Waals surface area contributed by atoms with Crippen LogP contribution in [0.3, 0.4) is 0 Å². The van der Waals surface area contributed by atoms with E-state index >= 15 is 0 Å². The van der Waals surface area contributed by atoms with Crippen LogP contribution in [0.15, 0.2) is 42.5 Å². The molecular formula is C15H12FNO4. The summed E-state index contributed by atoms with van der Waals surface area (Å²) in [6, 6.07) is 10.4. The largest absolute Gasteiger partial charge is 0.494 e. The molecule has 0 aliphatic rings. The van der Waals surface area contributed by atoms with Gasteiger partial charge < -0.3 is 4.74 Å². The van der Waals surface area contributed by atoms with Gasteiger partial charge in [-0.25, -0.2) is 4.39 Å². The second kappa shape index (κ2) is 6.13. The van der Waals surface area contributed by atoms with Crippen LogP contribution in [0.5, 0.6) is 5.75 Å². The fourth-order valence-electron chi connectivity index (χ4n) is 1.95. The van der Waals surface area contributed by atoms with Crippen molar-refractivity contribution in [2.24, 2.45) is 0 Å². The maximum absolute atomic E-state index is 13.5. The van der Waals surface area contributed by atoms with E-state index in [9.17, 15) is 19.3 Å². The van der Waals surface area contributed by atoms with Crippen LogP contribution in [-0.2, 0) is 6.42 Å². The van der Waals surface area contributed by atoms with E-state index in [-0.39, 0.29) is 23.5 Å². The molecule has 0 heterocycles. The normalized spacial score (nSPS) is 10.2. The summed E-state index contributed by atoms with van der Waals surface area (Å²) in [5.74, 6) is -1.25. The maximum atomic E-state index is 13.5. The molecule has 5 nitrogen and oxygen atoms in total. The Labute approximate surface area is 120 Å². The molecule has 0 radical (unpaired) electrons. The van der Waals surface area contributed by atoms with Crippen molar-refractivity contribution >= 4 is 11.5 Å². The number of rotatable bonds is 5. The average molecular weight is 289 g/mol. The van der Waals surface area contributed by atoms with Crippen LogP contribution in [0.4, 0.5) is 10.1 Å². The minimum atomic E-state index is -0.833. The highest BCUT2D eigenvalue weighted by molar-refractivity contribution is 5.98. The molecule has 0 fully saturated rings. The number of ether oxygens (including phenoxy) is 1. The molecule has 0 aromatic heterocycles. The second-order valence-corrected chi connectivity index (χ2v) is 4.34. The van der Waals surface area contributed by atoms with Gasteiger partial charge in [-0.05, 0) is 6.07 Å². The Kier molecular flexibility index (Phi) is 4.27. The third kappa shape index (κ3) is 3.22. The van der Waals surface area contributed by atoms with Crippen molar-refractivity contribution in [3.05, 3.63) is 69.5 Å². The summed E-state index contributed by atoms with van der Waals surface area (Å²) in [7, 11) is 1.26. The Balaban J connectivity index is 2.38. The smallest absolute Gasteiger partial charge is 0.276 e. The first-order valence-electron chi connectivity index (χ1n) is 6.12. The van der Waals surface area contributed by atoms with Crippen LogP contribution < -0.4 is 4.74 Å². The summed E-state index contributed by atoms with van der Waals surface area (Å²) >= 11 is 0. The van der Waals surface area contributed by atoms with Gasteiger partial charge in [0, 0.05) is 17.5 Å². The molecule has 0 N–H and O–H groups in total. The molecule has 0 bridgehead atoms. The van der Waals surface area contributed by atoms with Gasteiger partial charge in [0.15, 0.2) is 17.3 Å². The number of nitro benzene ring substituents is 1.